The third kappa shape index (κ3) is 4.34. The van der Waals surface area contributed by atoms with Crippen molar-refractivity contribution in [2.45, 2.75) is 61.4 Å². The van der Waals surface area contributed by atoms with E-state index in [4.69, 9.17) is 33.5 Å². The molecule has 0 spiro atoms. The summed E-state index contributed by atoms with van der Waals surface area (Å²) in [6.45, 7) is -0.647. The van der Waals surface area contributed by atoms with Crippen LogP contribution in [-0.4, -0.2) is 121 Å². The van der Waals surface area contributed by atoms with Gasteiger partial charge >= 0.3 is 0 Å². The summed E-state index contributed by atoms with van der Waals surface area (Å²) in [6.07, 6.45) is -11.2. The number of methoxy groups -OCH3 is 3. The zero-order valence-corrected chi connectivity index (χ0v) is 14.9. The Morgan fingerprint density at radius 1 is 0.923 bits per heavy atom. The molecule has 0 amide bonds. The van der Waals surface area contributed by atoms with Crippen molar-refractivity contribution < 1.29 is 54.0 Å². The lowest BCUT2D eigenvalue weighted by Gasteiger charge is -2.30. The Morgan fingerprint density at radius 2 is 1.58 bits per heavy atom. The molecular weight excluding hydrogens is 356 g/mol. The van der Waals surface area contributed by atoms with Crippen molar-refractivity contribution >= 4 is 0 Å². The molecule has 26 heavy (non-hydrogen) atoms. The van der Waals surface area contributed by atoms with Crippen LogP contribution in [0.5, 0.6) is 0 Å². The molecule has 2 heterocycles. The van der Waals surface area contributed by atoms with E-state index in [-0.39, 0.29) is 6.61 Å². The molecule has 0 radical (unpaired) electrons. The number of hydrogen-bond donors (Lipinski definition) is 5. The van der Waals surface area contributed by atoms with E-state index in [2.05, 4.69) is 0 Å². The summed E-state index contributed by atoms with van der Waals surface area (Å²) in [5.41, 5.74) is 0. The number of ether oxygens (including phenoxy) is 6. The second-order valence-corrected chi connectivity index (χ2v) is 6.22. The Labute approximate surface area is 150 Å². The molecule has 0 aromatic carbocycles. The molecule has 5 N–H and O–H groups in total. The van der Waals surface area contributed by atoms with Gasteiger partial charge in [-0.2, -0.15) is 0 Å². The Hall–Kier alpha value is -0.440. The van der Waals surface area contributed by atoms with Crippen LogP contribution in [0.3, 0.4) is 0 Å². The van der Waals surface area contributed by atoms with Gasteiger partial charge in [-0.25, -0.2) is 0 Å². The van der Waals surface area contributed by atoms with Crippen LogP contribution in [0.1, 0.15) is 0 Å². The van der Waals surface area contributed by atoms with Crippen molar-refractivity contribution in [3.05, 3.63) is 0 Å². The van der Waals surface area contributed by atoms with Crippen LogP contribution in [0.25, 0.3) is 0 Å². The maximum atomic E-state index is 10.1. The third-order valence-electron chi connectivity index (χ3n) is 4.60. The smallest absolute Gasteiger partial charge is 0.187 e. The lowest BCUT2D eigenvalue weighted by atomic mass is 10.0. The summed E-state index contributed by atoms with van der Waals surface area (Å²) in [4.78, 5) is 0. The lowest BCUT2D eigenvalue weighted by Crippen LogP contribution is -2.47. The van der Waals surface area contributed by atoms with E-state index < -0.39 is 68.0 Å². The average Bonchev–Trinajstić information content (AvgIpc) is 3.11. The van der Waals surface area contributed by atoms with E-state index >= 15 is 0 Å². The predicted molar refractivity (Wildman–Crippen MR) is 83.0 cm³/mol. The van der Waals surface area contributed by atoms with Gasteiger partial charge in [0.15, 0.2) is 12.6 Å². The summed E-state index contributed by atoms with van der Waals surface area (Å²) in [7, 11) is 4.25. The zero-order valence-electron chi connectivity index (χ0n) is 14.9. The molecule has 2 aliphatic heterocycles. The van der Waals surface area contributed by atoms with Gasteiger partial charge in [0.05, 0.1) is 13.2 Å². The fourth-order valence-electron chi connectivity index (χ4n) is 3.24. The van der Waals surface area contributed by atoms with Gasteiger partial charge in [-0.05, 0) is 0 Å². The molecule has 0 aliphatic carbocycles. The van der Waals surface area contributed by atoms with E-state index in [1.807, 2.05) is 0 Å². The minimum Gasteiger partial charge on any atom is -0.394 e. The molecule has 10 atom stereocenters. The summed E-state index contributed by atoms with van der Waals surface area (Å²) in [5, 5.41) is 48.8. The molecule has 2 fully saturated rings. The first-order chi connectivity index (χ1) is 12.4. The minimum absolute atomic E-state index is 0.00355. The Bertz CT molecular complexity index is 424. The largest absolute Gasteiger partial charge is 0.394 e. The summed E-state index contributed by atoms with van der Waals surface area (Å²) in [6, 6.07) is 0. The standard InChI is InChI=1S/C15H28O11/c1-21-5-7(11-12(22-2)13(23-3)14(20)25-11)24-15-9(19)8(18)10(26-15)6(17)4-16/h6-20H,4-5H2,1-3H3/t6-,7-,8+,9+,10-,11?,12-,13+,14+,15+/m0/s1. The molecule has 11 heteroatoms. The molecule has 2 saturated heterocycles. The molecule has 2 rings (SSSR count). The zero-order chi connectivity index (χ0) is 19.4. The van der Waals surface area contributed by atoms with Gasteiger partial charge in [0, 0.05) is 21.3 Å². The van der Waals surface area contributed by atoms with E-state index in [0.717, 1.165) is 0 Å². The number of hydrogen-bond acceptors (Lipinski definition) is 11. The third-order valence-corrected chi connectivity index (χ3v) is 4.60. The first-order valence-electron chi connectivity index (χ1n) is 8.23. The molecular formula is C15H28O11. The molecule has 0 aromatic rings. The Morgan fingerprint density at radius 3 is 2.12 bits per heavy atom. The van der Waals surface area contributed by atoms with Crippen LogP contribution < -0.4 is 0 Å². The van der Waals surface area contributed by atoms with Crippen LogP contribution in [0.4, 0.5) is 0 Å². The number of rotatable bonds is 9. The summed E-state index contributed by atoms with van der Waals surface area (Å²) < 4.78 is 32.1. The van der Waals surface area contributed by atoms with Gasteiger partial charge in [0.1, 0.15) is 48.8 Å². The molecule has 1 unspecified atom stereocenters. The first-order valence-corrected chi connectivity index (χ1v) is 8.23. The Balaban J connectivity index is 2.10. The van der Waals surface area contributed by atoms with Crippen LogP contribution >= 0.6 is 0 Å². The number of aliphatic hydroxyl groups is 5. The fourth-order valence-corrected chi connectivity index (χ4v) is 3.24. The van der Waals surface area contributed by atoms with Gasteiger partial charge in [0.2, 0.25) is 0 Å². The van der Waals surface area contributed by atoms with E-state index in [0.29, 0.717) is 0 Å². The van der Waals surface area contributed by atoms with Gasteiger partial charge in [-0.1, -0.05) is 0 Å². The highest BCUT2D eigenvalue weighted by molar-refractivity contribution is 4.95. The maximum absolute atomic E-state index is 10.1. The summed E-state index contributed by atoms with van der Waals surface area (Å²) >= 11 is 0. The maximum Gasteiger partial charge on any atom is 0.187 e. The van der Waals surface area contributed by atoms with E-state index in [1.165, 1.54) is 21.3 Å². The molecule has 154 valence electrons. The quantitative estimate of drug-likeness (QED) is 0.269. The monoisotopic (exact) mass is 384 g/mol. The van der Waals surface area contributed by atoms with Gasteiger partial charge in [0.25, 0.3) is 0 Å². The molecule has 0 aromatic heterocycles. The van der Waals surface area contributed by atoms with Crippen molar-refractivity contribution in [1.82, 2.24) is 0 Å². The first kappa shape index (κ1) is 21.9. The Kier molecular flexibility index (Phi) is 8.12. The van der Waals surface area contributed by atoms with E-state index in [1.54, 1.807) is 0 Å². The molecule has 2 aliphatic rings. The van der Waals surface area contributed by atoms with Gasteiger partial charge in [-0.15, -0.1) is 0 Å². The van der Waals surface area contributed by atoms with E-state index in [9.17, 15) is 20.4 Å². The van der Waals surface area contributed by atoms with Crippen molar-refractivity contribution in [2.75, 3.05) is 34.5 Å². The van der Waals surface area contributed by atoms with Crippen molar-refractivity contribution in [3.8, 4) is 0 Å². The average molecular weight is 384 g/mol. The molecule has 0 saturated carbocycles. The van der Waals surface area contributed by atoms with Crippen molar-refractivity contribution in [2.24, 2.45) is 0 Å². The highest BCUT2D eigenvalue weighted by Crippen LogP contribution is 2.31. The van der Waals surface area contributed by atoms with Crippen LogP contribution in [0.2, 0.25) is 0 Å². The van der Waals surface area contributed by atoms with Gasteiger partial charge in [-0.3, -0.25) is 0 Å². The molecule has 11 nitrogen and oxygen atoms in total. The fraction of sp³-hybridized carbons (Fsp3) is 1.00. The van der Waals surface area contributed by atoms with Crippen molar-refractivity contribution in [3.63, 3.8) is 0 Å². The number of aliphatic hydroxyl groups excluding tert-OH is 5. The second-order valence-electron chi connectivity index (χ2n) is 6.22. The van der Waals surface area contributed by atoms with Crippen molar-refractivity contribution in [1.29, 1.82) is 0 Å². The topological polar surface area (TPSA) is 157 Å². The normalized spacial score (nSPS) is 42.9. The second kappa shape index (κ2) is 9.66. The highest BCUT2D eigenvalue weighted by atomic mass is 16.7. The SMILES string of the molecule is COC[C@H](O[C@@H]1O[C@@H]([C@@H](O)CO)[C@H](O)[C@H]1O)C1O[C@@H](O)[C@H](OC)[C@H]1OC. The van der Waals surface area contributed by atoms with Crippen LogP contribution in [0, 0.1) is 0 Å². The van der Waals surface area contributed by atoms with Gasteiger partial charge < -0.3 is 54.0 Å². The lowest BCUT2D eigenvalue weighted by molar-refractivity contribution is -0.241. The molecule has 0 bridgehead atoms. The van der Waals surface area contributed by atoms with Crippen LogP contribution in [-0.2, 0) is 28.4 Å². The predicted octanol–water partition coefficient (Wildman–Crippen LogP) is -3.43. The minimum atomic E-state index is -1.47. The highest BCUT2D eigenvalue weighted by Gasteiger charge is 2.52. The van der Waals surface area contributed by atoms with Crippen LogP contribution in [0.15, 0.2) is 0 Å². The summed E-state index contributed by atoms with van der Waals surface area (Å²) in [5.74, 6) is 0.